The molecule has 0 radical (unpaired) electrons. The van der Waals surface area contributed by atoms with Gasteiger partial charge in [0.15, 0.2) is 0 Å². The maximum absolute atomic E-state index is 11.2. The lowest BCUT2D eigenvalue weighted by Crippen LogP contribution is -1.97. The molecule has 5 heteroatoms. The topological polar surface area (TPSA) is 54.4 Å². The van der Waals surface area contributed by atoms with Crippen LogP contribution in [-0.4, -0.2) is 13.0 Å². The predicted molar refractivity (Wildman–Crippen MR) is 98.9 cm³/mol. The molecule has 2 aromatic carbocycles. The molecule has 122 valence electrons. The Morgan fingerprint density at radius 1 is 0.792 bits per heavy atom. The molecular weight excluding hydrogens is 340 g/mol. The average Bonchev–Trinajstić information content (AvgIpc) is 2.54. The Hall–Kier alpha value is -2.08. The molecule has 0 atom stereocenters. The van der Waals surface area contributed by atoms with Crippen LogP contribution in [0.5, 0.6) is 0 Å². The van der Waals surface area contributed by atoms with E-state index in [1.54, 1.807) is 23.5 Å². The third-order valence-electron chi connectivity index (χ3n) is 3.74. The summed E-state index contributed by atoms with van der Waals surface area (Å²) in [6, 6.07) is 18.8. The predicted octanol–water partition coefficient (Wildman–Crippen LogP) is 5.23. The van der Waals surface area contributed by atoms with Gasteiger partial charge in [0.25, 0.3) is 10.1 Å². The summed E-state index contributed by atoms with van der Waals surface area (Å²) in [7, 11) is -4.16. The fourth-order valence-corrected chi connectivity index (χ4v) is 3.93. The number of hydrogen-bond acceptors (Lipinski definition) is 2. The molecule has 0 aliphatic rings. The summed E-state index contributed by atoms with van der Waals surface area (Å²) in [4.78, 5) is 2.23. The van der Waals surface area contributed by atoms with Crippen LogP contribution in [0, 0.1) is 13.8 Å². The van der Waals surface area contributed by atoms with Gasteiger partial charge in [0.2, 0.25) is 21.1 Å². The van der Waals surface area contributed by atoms with Crippen LogP contribution in [0.3, 0.4) is 0 Å². The lowest BCUT2D eigenvalue weighted by molar-refractivity contribution is 0.483. The van der Waals surface area contributed by atoms with Crippen molar-refractivity contribution in [2.75, 3.05) is 0 Å². The second-order valence-electron chi connectivity index (χ2n) is 5.69. The van der Waals surface area contributed by atoms with Gasteiger partial charge in [0.05, 0.1) is 4.90 Å². The Morgan fingerprint density at radius 2 is 1.38 bits per heavy atom. The normalized spacial score (nSPS) is 11.5. The second kappa shape index (κ2) is 6.43. The Morgan fingerprint density at radius 3 is 1.96 bits per heavy atom. The molecule has 0 unspecified atom stereocenters. The van der Waals surface area contributed by atoms with E-state index in [2.05, 4.69) is 50.2 Å². The summed E-state index contributed by atoms with van der Waals surface area (Å²) in [5.74, 6) is 0. The van der Waals surface area contributed by atoms with Gasteiger partial charge in [-0.25, -0.2) is 0 Å². The van der Waals surface area contributed by atoms with Crippen LogP contribution in [0.1, 0.15) is 10.4 Å². The largest absolute Gasteiger partial charge is 0.294 e. The Labute approximate surface area is 146 Å². The molecule has 0 bridgehead atoms. The standard InChI is InChI=1S/C19H16O3S2/c1-13-3-5-16(6-4-13)19-12-17(11-14(2)23-19)15-7-9-18(10-8-15)24(20,21)22/h3-12H,1-2H3/p+1. The highest BCUT2D eigenvalue weighted by atomic mass is 32.2. The molecule has 3 aromatic rings. The van der Waals surface area contributed by atoms with E-state index in [0.717, 1.165) is 21.6 Å². The second-order valence-corrected chi connectivity index (χ2v) is 8.40. The average molecular weight is 357 g/mol. The summed E-state index contributed by atoms with van der Waals surface area (Å²) in [6.07, 6.45) is 0. The molecule has 1 aromatic heterocycles. The van der Waals surface area contributed by atoms with Gasteiger partial charge in [-0.2, -0.15) is 8.42 Å². The van der Waals surface area contributed by atoms with Gasteiger partial charge in [-0.05, 0) is 42.3 Å². The zero-order valence-corrected chi connectivity index (χ0v) is 15.0. The molecule has 0 spiro atoms. The van der Waals surface area contributed by atoms with Crippen LogP contribution in [0.25, 0.3) is 21.6 Å². The van der Waals surface area contributed by atoms with Crippen molar-refractivity contribution in [3.63, 3.8) is 0 Å². The summed E-state index contributed by atoms with van der Waals surface area (Å²) in [6.45, 7) is 4.12. The van der Waals surface area contributed by atoms with Crippen molar-refractivity contribution in [2.45, 2.75) is 18.7 Å². The molecule has 0 saturated heterocycles. The van der Waals surface area contributed by atoms with Crippen LogP contribution in [-0.2, 0) is 10.1 Å². The zero-order chi connectivity index (χ0) is 17.3. The van der Waals surface area contributed by atoms with Gasteiger partial charge < -0.3 is 0 Å². The smallest absolute Gasteiger partial charge is 0.282 e. The van der Waals surface area contributed by atoms with Gasteiger partial charge in [-0.1, -0.05) is 29.8 Å². The molecule has 0 saturated carbocycles. The molecule has 0 aliphatic carbocycles. The van der Waals surface area contributed by atoms with Crippen LogP contribution in [0.15, 0.2) is 65.6 Å². The van der Waals surface area contributed by atoms with Gasteiger partial charge in [0, 0.05) is 24.6 Å². The highest BCUT2D eigenvalue weighted by molar-refractivity contribution is 7.85. The lowest BCUT2D eigenvalue weighted by Gasteiger charge is -2.03. The van der Waals surface area contributed by atoms with Crippen LogP contribution >= 0.6 is 11.3 Å². The fourth-order valence-electron chi connectivity index (χ4n) is 2.48. The molecule has 3 nitrogen and oxygen atoms in total. The van der Waals surface area contributed by atoms with Crippen molar-refractivity contribution < 1.29 is 13.0 Å². The Bertz CT molecular complexity index is 974. The molecule has 0 amide bonds. The lowest BCUT2D eigenvalue weighted by atomic mass is 10.0. The first-order chi connectivity index (χ1) is 11.3. The van der Waals surface area contributed by atoms with E-state index >= 15 is 0 Å². The van der Waals surface area contributed by atoms with Gasteiger partial charge in [-0.3, -0.25) is 4.55 Å². The SMILES string of the molecule is Cc1ccc(-c2cc(-c3ccc(S(=O)(=O)O)cc3)cc(C)[s+]2)cc1. The number of aryl methyl sites for hydroxylation is 2. The number of rotatable bonds is 3. The van der Waals surface area contributed by atoms with Gasteiger partial charge in [0.1, 0.15) is 0 Å². The summed E-state index contributed by atoms with van der Waals surface area (Å²) in [5, 5.41) is 0. The quantitative estimate of drug-likeness (QED) is 0.516. The van der Waals surface area contributed by atoms with Crippen molar-refractivity contribution in [1.29, 1.82) is 0 Å². The Balaban J connectivity index is 2.04. The number of hydrogen-bond donors (Lipinski definition) is 1. The third-order valence-corrected chi connectivity index (χ3v) is 5.62. The molecule has 24 heavy (non-hydrogen) atoms. The monoisotopic (exact) mass is 357 g/mol. The molecular formula is C19H17O3S2+. The molecule has 0 fully saturated rings. The minimum Gasteiger partial charge on any atom is -0.282 e. The van der Waals surface area contributed by atoms with Crippen molar-refractivity contribution in [3.05, 3.63) is 71.1 Å². The highest BCUT2D eigenvalue weighted by Gasteiger charge is 2.16. The summed E-state index contributed by atoms with van der Waals surface area (Å²) in [5.41, 5.74) is 4.30. The minimum atomic E-state index is -4.16. The summed E-state index contributed by atoms with van der Waals surface area (Å²) < 4.78 is 31.4. The first-order valence-corrected chi connectivity index (χ1v) is 9.68. The minimum absolute atomic E-state index is 0.0968. The Kier molecular flexibility index (Phi) is 4.49. The molecule has 3 rings (SSSR count). The van der Waals surface area contributed by atoms with E-state index in [9.17, 15) is 8.42 Å². The maximum atomic E-state index is 11.2. The van der Waals surface area contributed by atoms with E-state index < -0.39 is 10.1 Å². The van der Waals surface area contributed by atoms with Crippen LogP contribution in [0.2, 0.25) is 0 Å². The molecule has 1 N–H and O–H groups in total. The van der Waals surface area contributed by atoms with Gasteiger partial charge >= 0.3 is 0 Å². The van der Waals surface area contributed by atoms with Crippen molar-refractivity contribution in [1.82, 2.24) is 0 Å². The van der Waals surface area contributed by atoms with Crippen molar-refractivity contribution in [3.8, 4) is 21.6 Å². The van der Waals surface area contributed by atoms with E-state index in [0.29, 0.717) is 0 Å². The zero-order valence-electron chi connectivity index (χ0n) is 13.4. The fraction of sp³-hybridized carbons (Fsp3) is 0.105. The first-order valence-electron chi connectivity index (χ1n) is 7.43. The first kappa shape index (κ1) is 16.8. The number of benzene rings is 2. The van der Waals surface area contributed by atoms with Crippen molar-refractivity contribution >= 4 is 21.5 Å². The molecule has 0 aliphatic heterocycles. The highest BCUT2D eigenvalue weighted by Crippen LogP contribution is 2.32. The van der Waals surface area contributed by atoms with Crippen LogP contribution < -0.4 is 0 Å². The summed E-state index contributed by atoms with van der Waals surface area (Å²) >= 11 is 1.72. The maximum Gasteiger partial charge on any atom is 0.294 e. The van der Waals surface area contributed by atoms with Crippen molar-refractivity contribution in [2.24, 2.45) is 0 Å². The van der Waals surface area contributed by atoms with Crippen LogP contribution in [0.4, 0.5) is 0 Å². The van der Waals surface area contributed by atoms with E-state index in [1.165, 1.54) is 22.6 Å². The van der Waals surface area contributed by atoms with E-state index in [-0.39, 0.29) is 4.90 Å². The van der Waals surface area contributed by atoms with E-state index in [1.807, 2.05) is 0 Å². The molecule has 1 heterocycles. The third kappa shape index (κ3) is 3.70. The van der Waals surface area contributed by atoms with E-state index in [4.69, 9.17) is 4.55 Å². The van der Waals surface area contributed by atoms with Gasteiger partial charge in [-0.15, -0.1) is 0 Å².